The van der Waals surface area contributed by atoms with Crippen LogP contribution in [-0.2, 0) is 14.9 Å². The fourth-order valence-electron chi connectivity index (χ4n) is 7.82. The molecule has 1 aromatic rings. The normalized spacial score (nSPS) is 40.4. The Labute approximate surface area is 170 Å². The van der Waals surface area contributed by atoms with Crippen molar-refractivity contribution < 1.29 is 19.0 Å². The maximum atomic E-state index is 13.5. The number of methoxy groups -OCH3 is 2. The van der Waals surface area contributed by atoms with Gasteiger partial charge in [-0.3, -0.25) is 4.79 Å². The molecule has 5 aliphatic heterocycles. The fraction of sp³-hybridized carbons (Fsp3) is 0.609. The second kappa shape index (κ2) is 5.28. The van der Waals surface area contributed by atoms with Gasteiger partial charge in [-0.2, -0.15) is 0 Å². The molecule has 1 spiro atoms. The first-order valence-electron chi connectivity index (χ1n) is 10.8. The summed E-state index contributed by atoms with van der Waals surface area (Å²) in [6, 6.07) is 4.83. The first-order chi connectivity index (χ1) is 14.2. The summed E-state index contributed by atoms with van der Waals surface area (Å²) in [6.07, 6.45) is 6.25. The van der Waals surface area contributed by atoms with Crippen molar-refractivity contribution >= 4 is 11.6 Å². The highest BCUT2D eigenvalue weighted by atomic mass is 16.5. The van der Waals surface area contributed by atoms with Gasteiger partial charge in [0, 0.05) is 30.0 Å². The predicted octanol–water partition coefficient (Wildman–Crippen LogP) is 2.46. The van der Waals surface area contributed by atoms with E-state index < -0.39 is 0 Å². The Bertz CT molecular complexity index is 974. The van der Waals surface area contributed by atoms with E-state index >= 15 is 0 Å². The minimum Gasteiger partial charge on any atom is -0.493 e. The molecule has 0 aromatic heterocycles. The third-order valence-corrected chi connectivity index (χ3v) is 8.76. The predicted molar refractivity (Wildman–Crippen MR) is 106 cm³/mol. The number of rotatable bonds is 2. The second-order valence-corrected chi connectivity index (χ2v) is 9.46. The van der Waals surface area contributed by atoms with Crippen LogP contribution in [0.2, 0.25) is 0 Å². The topological polar surface area (TPSA) is 51.2 Å². The second-order valence-electron chi connectivity index (χ2n) is 9.46. The maximum absolute atomic E-state index is 13.5. The molecule has 2 bridgehead atoms. The zero-order valence-corrected chi connectivity index (χ0v) is 16.9. The first-order valence-corrected chi connectivity index (χ1v) is 10.8. The van der Waals surface area contributed by atoms with Gasteiger partial charge in [0.15, 0.2) is 11.5 Å². The van der Waals surface area contributed by atoms with Gasteiger partial charge in [-0.25, -0.2) is 0 Å². The van der Waals surface area contributed by atoms with Crippen LogP contribution in [0.4, 0.5) is 5.69 Å². The van der Waals surface area contributed by atoms with Crippen molar-refractivity contribution in [2.75, 3.05) is 32.3 Å². The summed E-state index contributed by atoms with van der Waals surface area (Å²) in [5.41, 5.74) is 3.82. The molecule has 0 radical (unpaired) electrons. The minimum absolute atomic E-state index is 0.0416. The lowest BCUT2D eigenvalue weighted by molar-refractivity contribution is -0.131. The number of benzene rings is 1. The van der Waals surface area contributed by atoms with Crippen molar-refractivity contribution in [3.8, 4) is 11.5 Å². The van der Waals surface area contributed by atoms with E-state index in [1.165, 1.54) is 12.0 Å². The van der Waals surface area contributed by atoms with Crippen molar-refractivity contribution in [2.45, 2.75) is 49.3 Å². The van der Waals surface area contributed by atoms with Gasteiger partial charge in [-0.05, 0) is 48.6 Å². The van der Waals surface area contributed by atoms with Crippen molar-refractivity contribution in [1.82, 2.24) is 4.90 Å². The number of carbonyl (C=O) groups excluding carboxylic acids is 1. The van der Waals surface area contributed by atoms with Crippen molar-refractivity contribution in [1.29, 1.82) is 0 Å². The number of amides is 1. The Morgan fingerprint density at radius 3 is 2.86 bits per heavy atom. The molecular weight excluding hydrogens is 368 g/mol. The lowest BCUT2D eigenvalue weighted by Crippen LogP contribution is -2.68. The van der Waals surface area contributed by atoms with Gasteiger partial charge in [0.1, 0.15) is 0 Å². The van der Waals surface area contributed by atoms with Gasteiger partial charge < -0.3 is 24.0 Å². The summed E-state index contributed by atoms with van der Waals surface area (Å²) in [6.45, 7) is 1.80. The van der Waals surface area contributed by atoms with E-state index in [-0.39, 0.29) is 23.5 Å². The van der Waals surface area contributed by atoms with Crippen molar-refractivity contribution in [2.24, 2.45) is 11.8 Å². The zero-order valence-electron chi connectivity index (χ0n) is 16.9. The van der Waals surface area contributed by atoms with E-state index in [1.54, 1.807) is 19.8 Å². The van der Waals surface area contributed by atoms with Gasteiger partial charge in [-0.1, -0.05) is 0 Å². The van der Waals surface area contributed by atoms with E-state index in [4.69, 9.17) is 14.2 Å². The summed E-state index contributed by atoms with van der Waals surface area (Å²) < 4.78 is 17.6. The number of ether oxygens (including phenoxy) is 3. The molecular formula is C23H26N2O4. The Kier molecular flexibility index (Phi) is 3.02. The molecule has 1 saturated carbocycles. The van der Waals surface area contributed by atoms with Crippen LogP contribution < -0.4 is 14.4 Å². The van der Waals surface area contributed by atoms with Crippen molar-refractivity contribution in [3.63, 3.8) is 0 Å². The maximum Gasteiger partial charge on any atom is 0.229 e. The molecule has 29 heavy (non-hydrogen) atoms. The SMILES string of the molecule is COc1cc2c(cc1OC)[C@]13CCN4C=C5CCO[C@@H]6CC(=O)N2[C@@H]1[C@H]6[C@H]5C[C@@H]43. The van der Waals surface area contributed by atoms with Gasteiger partial charge in [0.2, 0.25) is 5.91 Å². The number of fused-ring (bicyclic) bond motifs is 2. The number of anilines is 1. The third-order valence-electron chi connectivity index (χ3n) is 8.76. The minimum atomic E-state index is -0.0416. The molecule has 5 heterocycles. The molecule has 6 nitrogen and oxygen atoms in total. The lowest BCUT2D eigenvalue weighted by atomic mass is 9.54. The average Bonchev–Trinajstić information content (AvgIpc) is 3.20. The molecule has 6 atom stereocenters. The van der Waals surface area contributed by atoms with Crippen LogP contribution in [0.5, 0.6) is 11.5 Å². The largest absolute Gasteiger partial charge is 0.493 e. The third kappa shape index (κ3) is 1.73. The molecule has 6 heteroatoms. The highest BCUT2D eigenvalue weighted by Crippen LogP contribution is 2.66. The van der Waals surface area contributed by atoms with Crippen LogP contribution in [0.1, 0.15) is 31.2 Å². The fourth-order valence-corrected chi connectivity index (χ4v) is 7.82. The quantitative estimate of drug-likeness (QED) is 0.771. The van der Waals surface area contributed by atoms with Crippen LogP contribution in [-0.4, -0.2) is 56.4 Å². The summed E-state index contributed by atoms with van der Waals surface area (Å²) in [4.78, 5) is 18.2. The Hall–Kier alpha value is -2.21. The molecule has 1 aliphatic carbocycles. The van der Waals surface area contributed by atoms with Gasteiger partial charge in [-0.15, -0.1) is 0 Å². The number of hydrogen-bond donors (Lipinski definition) is 0. The summed E-state index contributed by atoms with van der Waals surface area (Å²) >= 11 is 0. The number of nitrogens with zero attached hydrogens (tertiary/aromatic N) is 2. The van der Waals surface area contributed by atoms with Crippen LogP contribution in [0.15, 0.2) is 23.9 Å². The molecule has 0 unspecified atom stereocenters. The number of piperidine rings is 1. The molecule has 7 rings (SSSR count). The first kappa shape index (κ1) is 16.6. The smallest absolute Gasteiger partial charge is 0.229 e. The standard InChI is InChI=1S/C23H26N2O4/c1-27-16-8-14-15(9-17(16)28-2)25-20(26)10-18-21-13-7-19-23(14,22(21)25)4-5-24(19)11-12(13)3-6-29-18/h8-9,11,13,18-19,21-22H,3-7,10H2,1-2H3/t13-,18+,19+,21-,22+,23-/m0/s1. The van der Waals surface area contributed by atoms with E-state index in [1.807, 2.05) is 6.07 Å². The number of carbonyl (C=O) groups is 1. The van der Waals surface area contributed by atoms with Gasteiger partial charge >= 0.3 is 0 Å². The highest BCUT2D eigenvalue weighted by Gasteiger charge is 2.70. The Balaban J connectivity index is 1.53. The molecule has 4 fully saturated rings. The Morgan fingerprint density at radius 1 is 1.21 bits per heavy atom. The van der Waals surface area contributed by atoms with Crippen molar-refractivity contribution in [3.05, 3.63) is 29.5 Å². The van der Waals surface area contributed by atoms with Crippen LogP contribution >= 0.6 is 0 Å². The van der Waals surface area contributed by atoms with Crippen LogP contribution in [0, 0.1) is 11.8 Å². The molecule has 1 aromatic carbocycles. The van der Waals surface area contributed by atoms with Crippen LogP contribution in [0.3, 0.4) is 0 Å². The number of hydrogen-bond acceptors (Lipinski definition) is 5. The monoisotopic (exact) mass is 394 g/mol. The Morgan fingerprint density at radius 2 is 2.03 bits per heavy atom. The zero-order chi connectivity index (χ0) is 19.5. The average molecular weight is 394 g/mol. The summed E-state index contributed by atoms with van der Waals surface area (Å²) in [7, 11) is 3.36. The van der Waals surface area contributed by atoms with E-state index in [2.05, 4.69) is 22.1 Å². The lowest BCUT2D eigenvalue weighted by Gasteiger charge is -2.57. The molecule has 3 saturated heterocycles. The van der Waals surface area contributed by atoms with E-state index in [9.17, 15) is 4.79 Å². The van der Waals surface area contributed by atoms with E-state index in [0.29, 0.717) is 30.0 Å². The van der Waals surface area contributed by atoms with Gasteiger partial charge in [0.25, 0.3) is 0 Å². The highest BCUT2D eigenvalue weighted by molar-refractivity contribution is 5.99. The van der Waals surface area contributed by atoms with Gasteiger partial charge in [0.05, 0.1) is 45.1 Å². The summed E-state index contributed by atoms with van der Waals surface area (Å²) in [5, 5.41) is 0. The molecule has 1 amide bonds. The van der Waals surface area contributed by atoms with Crippen LogP contribution in [0.25, 0.3) is 0 Å². The molecule has 152 valence electrons. The summed E-state index contributed by atoms with van der Waals surface area (Å²) in [5.74, 6) is 2.57. The molecule has 6 aliphatic rings. The molecule has 0 N–H and O–H groups in total. The van der Waals surface area contributed by atoms with E-state index in [0.717, 1.165) is 37.4 Å².